The van der Waals surface area contributed by atoms with E-state index in [-0.39, 0.29) is 12.1 Å². The van der Waals surface area contributed by atoms with E-state index in [0.29, 0.717) is 24.9 Å². The molecule has 1 amide bonds. The Labute approximate surface area is 154 Å². The second kappa shape index (κ2) is 9.06. The van der Waals surface area contributed by atoms with Gasteiger partial charge in [0.2, 0.25) is 5.95 Å². The molecule has 27 heavy (non-hydrogen) atoms. The number of rotatable bonds is 8. The number of nitrogens with one attached hydrogen (secondary N) is 3. The molecule has 0 aliphatic rings. The summed E-state index contributed by atoms with van der Waals surface area (Å²) >= 11 is 0. The van der Waals surface area contributed by atoms with Crippen LogP contribution in [0.3, 0.4) is 0 Å². The van der Waals surface area contributed by atoms with Crippen molar-refractivity contribution in [2.45, 2.75) is 20.2 Å². The van der Waals surface area contributed by atoms with Crippen molar-refractivity contribution in [1.29, 1.82) is 0 Å². The number of anilines is 2. The summed E-state index contributed by atoms with van der Waals surface area (Å²) in [7, 11) is 0. The van der Waals surface area contributed by atoms with E-state index in [1.807, 2.05) is 13.8 Å². The fraction of sp³-hybridized carbons (Fsp3) is 0.353. The number of para-hydroxylation sites is 1. The van der Waals surface area contributed by atoms with Crippen LogP contribution in [0.15, 0.2) is 30.3 Å². The standard InChI is InChI=1S/C17H20F3N5O2/c1-3-21-14-10-11(2)24-16(25-14)23-9-8-22-15(26)12-6-4-5-7-13(12)27-17(18,19)20/h4-7,10H,3,8-9H2,1-2H3,(H,22,26)(H2,21,23,24,25). The number of halogens is 3. The zero-order chi connectivity index (χ0) is 19.9. The van der Waals surface area contributed by atoms with Crippen LogP contribution in [0.2, 0.25) is 0 Å². The van der Waals surface area contributed by atoms with Gasteiger partial charge in [-0.15, -0.1) is 13.2 Å². The number of carbonyl (C=O) groups excluding carboxylic acids is 1. The van der Waals surface area contributed by atoms with Crippen LogP contribution >= 0.6 is 0 Å². The largest absolute Gasteiger partial charge is 0.573 e. The van der Waals surface area contributed by atoms with E-state index < -0.39 is 18.0 Å². The van der Waals surface area contributed by atoms with Gasteiger partial charge in [-0.2, -0.15) is 4.98 Å². The Kier molecular flexibility index (Phi) is 6.80. The van der Waals surface area contributed by atoms with Gasteiger partial charge in [0.05, 0.1) is 5.56 Å². The second-order valence-corrected chi connectivity index (χ2v) is 5.48. The first-order valence-corrected chi connectivity index (χ1v) is 8.25. The second-order valence-electron chi connectivity index (χ2n) is 5.48. The van der Waals surface area contributed by atoms with Gasteiger partial charge in [0.25, 0.3) is 5.91 Å². The molecule has 0 fully saturated rings. The molecule has 7 nitrogen and oxygen atoms in total. The average molecular weight is 383 g/mol. The van der Waals surface area contributed by atoms with Gasteiger partial charge in [-0.3, -0.25) is 4.79 Å². The first kappa shape index (κ1) is 20.3. The Hall–Kier alpha value is -3.04. The molecule has 2 aromatic rings. The van der Waals surface area contributed by atoms with E-state index in [0.717, 1.165) is 11.8 Å². The molecule has 0 aliphatic heterocycles. The van der Waals surface area contributed by atoms with Gasteiger partial charge in [-0.05, 0) is 26.0 Å². The van der Waals surface area contributed by atoms with E-state index >= 15 is 0 Å². The van der Waals surface area contributed by atoms with E-state index in [2.05, 4.69) is 30.7 Å². The molecule has 0 aliphatic carbocycles. The zero-order valence-electron chi connectivity index (χ0n) is 14.9. The summed E-state index contributed by atoms with van der Waals surface area (Å²) in [5.74, 6) is -0.154. The predicted octanol–water partition coefficient (Wildman–Crippen LogP) is 2.96. The maximum absolute atomic E-state index is 12.4. The summed E-state index contributed by atoms with van der Waals surface area (Å²) in [4.78, 5) is 20.6. The Balaban J connectivity index is 1.90. The quantitative estimate of drug-likeness (QED) is 0.608. The minimum absolute atomic E-state index is 0.160. The van der Waals surface area contributed by atoms with Gasteiger partial charge in [0.1, 0.15) is 11.6 Å². The van der Waals surface area contributed by atoms with Gasteiger partial charge in [0.15, 0.2) is 0 Å². The summed E-state index contributed by atoms with van der Waals surface area (Å²) in [6.07, 6.45) is -4.87. The minimum Gasteiger partial charge on any atom is -0.405 e. The van der Waals surface area contributed by atoms with Gasteiger partial charge in [-0.25, -0.2) is 4.98 Å². The highest BCUT2D eigenvalue weighted by atomic mass is 19.4. The number of aromatic nitrogens is 2. The topological polar surface area (TPSA) is 88.2 Å². The Morgan fingerprint density at radius 1 is 1.15 bits per heavy atom. The van der Waals surface area contributed by atoms with Crippen LogP contribution in [0.1, 0.15) is 23.0 Å². The summed E-state index contributed by atoms with van der Waals surface area (Å²) in [5.41, 5.74) is 0.571. The van der Waals surface area contributed by atoms with Crippen LogP contribution < -0.4 is 20.7 Å². The molecular weight excluding hydrogens is 363 g/mol. The summed E-state index contributed by atoms with van der Waals surface area (Å²) < 4.78 is 41.1. The van der Waals surface area contributed by atoms with Crippen molar-refractivity contribution in [2.24, 2.45) is 0 Å². The highest BCUT2D eigenvalue weighted by Crippen LogP contribution is 2.26. The van der Waals surface area contributed by atoms with Crippen LogP contribution in [0.5, 0.6) is 5.75 Å². The third-order valence-electron chi connectivity index (χ3n) is 3.26. The normalized spacial score (nSPS) is 11.0. The number of nitrogens with zero attached hydrogens (tertiary/aromatic N) is 2. The maximum Gasteiger partial charge on any atom is 0.573 e. The lowest BCUT2D eigenvalue weighted by molar-refractivity contribution is -0.274. The van der Waals surface area contributed by atoms with Crippen molar-refractivity contribution in [2.75, 3.05) is 30.3 Å². The van der Waals surface area contributed by atoms with E-state index in [4.69, 9.17) is 0 Å². The lowest BCUT2D eigenvalue weighted by Crippen LogP contribution is -2.30. The minimum atomic E-state index is -4.87. The van der Waals surface area contributed by atoms with Gasteiger partial charge in [-0.1, -0.05) is 12.1 Å². The summed E-state index contributed by atoms with van der Waals surface area (Å²) in [5, 5.41) is 8.56. The molecule has 0 spiro atoms. The molecule has 3 N–H and O–H groups in total. The number of hydrogen-bond donors (Lipinski definition) is 3. The molecule has 1 aromatic heterocycles. The fourth-order valence-corrected chi connectivity index (χ4v) is 2.23. The zero-order valence-corrected chi connectivity index (χ0v) is 14.9. The lowest BCUT2D eigenvalue weighted by atomic mass is 10.2. The van der Waals surface area contributed by atoms with Crippen LogP contribution in [0, 0.1) is 6.92 Å². The highest BCUT2D eigenvalue weighted by molar-refractivity contribution is 5.96. The monoisotopic (exact) mass is 383 g/mol. The smallest absolute Gasteiger partial charge is 0.405 e. The number of carbonyl (C=O) groups is 1. The summed E-state index contributed by atoms with van der Waals surface area (Å²) in [6, 6.07) is 6.96. The third kappa shape index (κ3) is 6.65. The van der Waals surface area contributed by atoms with Crippen molar-refractivity contribution in [3.8, 4) is 5.75 Å². The average Bonchev–Trinajstić information content (AvgIpc) is 2.57. The molecular formula is C17H20F3N5O2. The maximum atomic E-state index is 12.4. The van der Waals surface area contributed by atoms with Crippen LogP contribution in [0.4, 0.5) is 24.9 Å². The number of hydrogen-bond acceptors (Lipinski definition) is 6. The SMILES string of the molecule is CCNc1cc(C)nc(NCCNC(=O)c2ccccc2OC(F)(F)F)n1. The van der Waals surface area contributed by atoms with Crippen LogP contribution in [-0.4, -0.2) is 41.9 Å². The first-order chi connectivity index (χ1) is 12.8. The van der Waals surface area contributed by atoms with Crippen molar-refractivity contribution >= 4 is 17.7 Å². The molecule has 0 radical (unpaired) electrons. The number of ether oxygens (including phenoxy) is 1. The number of aryl methyl sites for hydroxylation is 1. The van der Waals surface area contributed by atoms with Crippen molar-refractivity contribution in [3.05, 3.63) is 41.6 Å². The molecule has 1 aromatic carbocycles. The summed E-state index contributed by atoms with van der Waals surface area (Å²) in [6.45, 7) is 4.94. The lowest BCUT2D eigenvalue weighted by Gasteiger charge is -2.13. The van der Waals surface area contributed by atoms with E-state index in [1.165, 1.54) is 18.2 Å². The third-order valence-corrected chi connectivity index (χ3v) is 3.26. The van der Waals surface area contributed by atoms with Gasteiger partial charge >= 0.3 is 6.36 Å². The fourth-order valence-electron chi connectivity index (χ4n) is 2.23. The number of amides is 1. The Morgan fingerprint density at radius 2 is 1.89 bits per heavy atom. The molecule has 0 unspecified atom stereocenters. The van der Waals surface area contributed by atoms with Crippen molar-refractivity contribution in [3.63, 3.8) is 0 Å². The molecule has 0 bridgehead atoms. The van der Waals surface area contributed by atoms with Crippen LogP contribution in [0.25, 0.3) is 0 Å². The Morgan fingerprint density at radius 3 is 2.59 bits per heavy atom. The van der Waals surface area contributed by atoms with Gasteiger partial charge < -0.3 is 20.7 Å². The molecule has 0 atom stereocenters. The molecule has 0 saturated carbocycles. The molecule has 10 heteroatoms. The predicted molar refractivity (Wildman–Crippen MR) is 94.9 cm³/mol. The number of alkyl halides is 3. The number of benzene rings is 1. The van der Waals surface area contributed by atoms with Crippen molar-refractivity contribution in [1.82, 2.24) is 15.3 Å². The molecule has 1 heterocycles. The van der Waals surface area contributed by atoms with Crippen molar-refractivity contribution < 1.29 is 22.7 Å². The highest BCUT2D eigenvalue weighted by Gasteiger charge is 2.32. The molecule has 0 saturated heterocycles. The Bertz CT molecular complexity index is 783. The van der Waals surface area contributed by atoms with E-state index in [9.17, 15) is 18.0 Å². The van der Waals surface area contributed by atoms with Gasteiger partial charge in [0, 0.05) is 31.4 Å². The molecule has 146 valence electrons. The molecule has 2 rings (SSSR count). The first-order valence-electron chi connectivity index (χ1n) is 8.25. The van der Waals surface area contributed by atoms with E-state index in [1.54, 1.807) is 6.07 Å². The van der Waals surface area contributed by atoms with Crippen LogP contribution in [-0.2, 0) is 0 Å².